The number of ether oxygens (including phenoxy) is 1. The molecule has 2 aromatic carbocycles. The fourth-order valence-corrected chi connectivity index (χ4v) is 2.26. The van der Waals surface area contributed by atoms with Crippen LogP contribution in [0.1, 0.15) is 20.9 Å². The summed E-state index contributed by atoms with van der Waals surface area (Å²) < 4.78 is 10.5. The largest absolute Gasteiger partial charge is 0.492 e. The van der Waals surface area contributed by atoms with Crippen LogP contribution in [-0.4, -0.2) is 25.0 Å². The molecule has 3 aromatic rings. The van der Waals surface area contributed by atoms with Crippen LogP contribution in [0, 0.1) is 0 Å². The van der Waals surface area contributed by atoms with E-state index in [9.17, 15) is 9.59 Å². The Balaban J connectivity index is 1.45. The van der Waals surface area contributed by atoms with Gasteiger partial charge in [0, 0.05) is 11.3 Å². The molecule has 0 aliphatic heterocycles. The van der Waals surface area contributed by atoms with Gasteiger partial charge in [-0.2, -0.15) is 0 Å². The van der Waals surface area contributed by atoms with Gasteiger partial charge >= 0.3 is 0 Å². The van der Waals surface area contributed by atoms with E-state index < -0.39 is 0 Å². The third-order valence-electron chi connectivity index (χ3n) is 3.55. The van der Waals surface area contributed by atoms with Crippen molar-refractivity contribution in [2.45, 2.75) is 0 Å². The van der Waals surface area contributed by atoms with Crippen molar-refractivity contribution < 1.29 is 18.7 Å². The summed E-state index contributed by atoms with van der Waals surface area (Å²) in [6, 6.07) is 19.2. The van der Waals surface area contributed by atoms with E-state index in [0.29, 0.717) is 24.4 Å². The van der Waals surface area contributed by atoms with Gasteiger partial charge in [0.1, 0.15) is 12.4 Å². The molecule has 26 heavy (non-hydrogen) atoms. The molecular formula is C20H18N2O4. The van der Waals surface area contributed by atoms with E-state index in [-0.39, 0.29) is 17.6 Å². The van der Waals surface area contributed by atoms with Gasteiger partial charge in [-0.25, -0.2) is 0 Å². The topological polar surface area (TPSA) is 80.6 Å². The van der Waals surface area contributed by atoms with Crippen LogP contribution < -0.4 is 15.4 Å². The molecule has 1 heterocycles. The van der Waals surface area contributed by atoms with E-state index in [1.165, 1.54) is 6.26 Å². The lowest BCUT2D eigenvalue weighted by Gasteiger charge is -2.08. The number of para-hydroxylation sites is 1. The van der Waals surface area contributed by atoms with Gasteiger partial charge in [0.2, 0.25) is 0 Å². The molecule has 0 fully saturated rings. The van der Waals surface area contributed by atoms with Gasteiger partial charge < -0.3 is 19.8 Å². The van der Waals surface area contributed by atoms with Crippen LogP contribution in [0.4, 0.5) is 5.69 Å². The quantitative estimate of drug-likeness (QED) is 0.641. The summed E-state index contributed by atoms with van der Waals surface area (Å²) in [5.74, 6) is 0.444. The summed E-state index contributed by atoms with van der Waals surface area (Å²) >= 11 is 0. The minimum absolute atomic E-state index is 0.203. The minimum atomic E-state index is -0.342. The maximum absolute atomic E-state index is 12.1. The average Bonchev–Trinajstić information content (AvgIpc) is 3.21. The van der Waals surface area contributed by atoms with E-state index >= 15 is 0 Å². The number of benzene rings is 2. The molecule has 0 atom stereocenters. The fourth-order valence-electron chi connectivity index (χ4n) is 2.26. The molecule has 0 spiro atoms. The van der Waals surface area contributed by atoms with Crippen LogP contribution in [0.3, 0.4) is 0 Å². The van der Waals surface area contributed by atoms with E-state index in [0.717, 1.165) is 5.75 Å². The summed E-state index contributed by atoms with van der Waals surface area (Å²) in [5, 5.41) is 5.48. The molecule has 0 radical (unpaired) electrons. The van der Waals surface area contributed by atoms with Crippen LogP contribution >= 0.6 is 0 Å². The van der Waals surface area contributed by atoms with E-state index in [4.69, 9.17) is 9.15 Å². The van der Waals surface area contributed by atoms with Crippen LogP contribution in [0.25, 0.3) is 0 Å². The van der Waals surface area contributed by atoms with Crippen molar-refractivity contribution in [3.8, 4) is 5.75 Å². The summed E-state index contributed by atoms with van der Waals surface area (Å²) in [7, 11) is 0. The van der Waals surface area contributed by atoms with Crippen molar-refractivity contribution in [2.24, 2.45) is 0 Å². The zero-order chi connectivity index (χ0) is 18.2. The number of carbonyl (C=O) groups excluding carboxylic acids is 2. The number of furan rings is 1. The summed E-state index contributed by atoms with van der Waals surface area (Å²) in [6.45, 7) is 0.776. The number of hydrogen-bond donors (Lipinski definition) is 2. The molecule has 1 aromatic heterocycles. The average molecular weight is 350 g/mol. The van der Waals surface area contributed by atoms with E-state index in [1.54, 1.807) is 36.4 Å². The Morgan fingerprint density at radius 2 is 1.65 bits per heavy atom. The molecule has 0 aliphatic rings. The van der Waals surface area contributed by atoms with Crippen molar-refractivity contribution in [1.29, 1.82) is 0 Å². The minimum Gasteiger partial charge on any atom is -0.492 e. The molecule has 2 N–H and O–H groups in total. The number of hydrogen-bond acceptors (Lipinski definition) is 4. The zero-order valence-corrected chi connectivity index (χ0v) is 14.0. The highest BCUT2D eigenvalue weighted by Gasteiger charge is 2.09. The molecule has 0 aliphatic carbocycles. The predicted molar refractivity (Wildman–Crippen MR) is 97.4 cm³/mol. The monoisotopic (exact) mass is 350 g/mol. The number of nitrogens with one attached hydrogen (secondary N) is 2. The maximum Gasteiger partial charge on any atom is 0.291 e. The van der Waals surface area contributed by atoms with Crippen molar-refractivity contribution in [2.75, 3.05) is 18.5 Å². The van der Waals surface area contributed by atoms with Crippen LogP contribution in [-0.2, 0) is 0 Å². The standard InChI is InChI=1S/C20H18N2O4/c23-19(21-12-14-25-17-5-2-1-3-6-17)15-8-10-16(11-9-15)22-20(24)18-7-4-13-26-18/h1-11,13H,12,14H2,(H,21,23)(H,22,24). The summed E-state index contributed by atoms with van der Waals surface area (Å²) in [4.78, 5) is 24.0. The Morgan fingerprint density at radius 1 is 0.885 bits per heavy atom. The number of rotatable bonds is 7. The van der Waals surface area contributed by atoms with Crippen molar-refractivity contribution in [3.63, 3.8) is 0 Å². The third-order valence-corrected chi connectivity index (χ3v) is 3.55. The lowest BCUT2D eigenvalue weighted by Crippen LogP contribution is -2.28. The Hall–Kier alpha value is -3.54. The maximum atomic E-state index is 12.1. The number of carbonyl (C=O) groups is 2. The zero-order valence-electron chi connectivity index (χ0n) is 14.0. The van der Waals surface area contributed by atoms with Gasteiger partial charge in [-0.3, -0.25) is 9.59 Å². The molecule has 0 bridgehead atoms. The van der Waals surface area contributed by atoms with Crippen molar-refractivity contribution in [1.82, 2.24) is 5.32 Å². The summed E-state index contributed by atoms with van der Waals surface area (Å²) in [5.41, 5.74) is 1.08. The molecule has 132 valence electrons. The number of anilines is 1. The smallest absolute Gasteiger partial charge is 0.291 e. The van der Waals surface area contributed by atoms with Gasteiger partial charge in [0.25, 0.3) is 11.8 Å². The van der Waals surface area contributed by atoms with Gasteiger partial charge in [-0.05, 0) is 48.5 Å². The second kappa shape index (κ2) is 8.53. The molecule has 2 amide bonds. The normalized spacial score (nSPS) is 10.2. The lowest BCUT2D eigenvalue weighted by molar-refractivity contribution is 0.0946. The SMILES string of the molecule is O=C(NCCOc1ccccc1)c1ccc(NC(=O)c2ccco2)cc1. The van der Waals surface area contributed by atoms with Gasteiger partial charge in [0.15, 0.2) is 5.76 Å². The summed E-state index contributed by atoms with van der Waals surface area (Å²) in [6.07, 6.45) is 1.43. The predicted octanol–water partition coefficient (Wildman–Crippen LogP) is 3.34. The third kappa shape index (κ3) is 4.73. The first-order chi connectivity index (χ1) is 12.7. The van der Waals surface area contributed by atoms with Crippen molar-refractivity contribution in [3.05, 3.63) is 84.3 Å². The van der Waals surface area contributed by atoms with E-state index in [1.807, 2.05) is 30.3 Å². The van der Waals surface area contributed by atoms with Crippen LogP contribution in [0.15, 0.2) is 77.4 Å². The van der Waals surface area contributed by atoms with Crippen molar-refractivity contribution >= 4 is 17.5 Å². The molecule has 0 saturated carbocycles. The fraction of sp³-hybridized carbons (Fsp3) is 0.100. The molecular weight excluding hydrogens is 332 g/mol. The van der Waals surface area contributed by atoms with Gasteiger partial charge in [-0.1, -0.05) is 18.2 Å². The first kappa shape index (κ1) is 17.3. The Kier molecular flexibility index (Phi) is 5.67. The van der Waals surface area contributed by atoms with E-state index in [2.05, 4.69) is 10.6 Å². The van der Waals surface area contributed by atoms with Crippen LogP contribution in [0.2, 0.25) is 0 Å². The van der Waals surface area contributed by atoms with Crippen LogP contribution in [0.5, 0.6) is 5.75 Å². The first-order valence-electron chi connectivity index (χ1n) is 8.13. The molecule has 6 heteroatoms. The Labute approximate surface area is 150 Å². The van der Waals surface area contributed by atoms with Gasteiger partial charge in [0.05, 0.1) is 12.8 Å². The Morgan fingerprint density at radius 3 is 2.35 bits per heavy atom. The molecule has 0 unspecified atom stereocenters. The molecule has 3 rings (SSSR count). The highest BCUT2D eigenvalue weighted by molar-refractivity contribution is 6.02. The van der Waals surface area contributed by atoms with Gasteiger partial charge in [-0.15, -0.1) is 0 Å². The first-order valence-corrected chi connectivity index (χ1v) is 8.13. The molecule has 0 saturated heterocycles. The Bertz CT molecular complexity index is 843. The lowest BCUT2D eigenvalue weighted by atomic mass is 10.2. The molecule has 6 nitrogen and oxygen atoms in total. The highest BCUT2D eigenvalue weighted by atomic mass is 16.5. The highest BCUT2D eigenvalue weighted by Crippen LogP contribution is 2.12. The second-order valence-corrected chi connectivity index (χ2v) is 5.43. The second-order valence-electron chi connectivity index (χ2n) is 5.43. The number of amides is 2.